The topological polar surface area (TPSA) is 24.9 Å². The first kappa shape index (κ1) is 16.6. The van der Waals surface area contributed by atoms with Crippen LogP contribution in [0.4, 0.5) is 5.69 Å². The molecule has 0 N–H and O–H groups in total. The molecular formula is C19H22N2O2S. The zero-order valence-electron chi connectivity index (χ0n) is 14.1. The van der Waals surface area contributed by atoms with Gasteiger partial charge in [-0.15, -0.1) is 0 Å². The zero-order valence-corrected chi connectivity index (χ0v) is 14.9. The molecule has 0 saturated carbocycles. The van der Waals surface area contributed by atoms with Crippen molar-refractivity contribution in [2.45, 2.75) is 0 Å². The Balaban J connectivity index is 1.67. The zero-order chi connectivity index (χ0) is 16.9. The van der Waals surface area contributed by atoms with E-state index in [9.17, 15) is 0 Å². The molecule has 1 saturated heterocycles. The van der Waals surface area contributed by atoms with Crippen LogP contribution in [0.2, 0.25) is 0 Å². The molecule has 0 radical (unpaired) electrons. The molecule has 0 atom stereocenters. The van der Waals surface area contributed by atoms with Gasteiger partial charge in [0.25, 0.3) is 0 Å². The molecule has 2 aromatic carbocycles. The van der Waals surface area contributed by atoms with Crippen molar-refractivity contribution in [3.05, 3.63) is 54.1 Å². The van der Waals surface area contributed by atoms with Crippen LogP contribution in [0.5, 0.6) is 11.5 Å². The number of piperazine rings is 1. The molecule has 0 unspecified atom stereocenters. The maximum absolute atomic E-state index is 5.69. The van der Waals surface area contributed by atoms with Crippen molar-refractivity contribution in [3.8, 4) is 11.5 Å². The molecule has 0 amide bonds. The quantitative estimate of drug-likeness (QED) is 0.795. The summed E-state index contributed by atoms with van der Waals surface area (Å²) in [5, 5.41) is 0. The van der Waals surface area contributed by atoms with Gasteiger partial charge in [0.1, 0.15) is 4.99 Å². The molecule has 1 fully saturated rings. The van der Waals surface area contributed by atoms with Gasteiger partial charge >= 0.3 is 0 Å². The lowest BCUT2D eigenvalue weighted by Crippen LogP contribution is -2.48. The summed E-state index contributed by atoms with van der Waals surface area (Å²) in [6.45, 7) is 3.78. The van der Waals surface area contributed by atoms with Gasteiger partial charge in [0.05, 0.1) is 14.2 Å². The van der Waals surface area contributed by atoms with E-state index in [1.54, 1.807) is 14.2 Å². The van der Waals surface area contributed by atoms with Crippen molar-refractivity contribution in [1.82, 2.24) is 4.90 Å². The van der Waals surface area contributed by atoms with E-state index >= 15 is 0 Å². The van der Waals surface area contributed by atoms with Crippen LogP contribution >= 0.6 is 12.2 Å². The number of benzene rings is 2. The molecule has 1 heterocycles. The average molecular weight is 342 g/mol. The molecule has 3 rings (SSSR count). The summed E-state index contributed by atoms with van der Waals surface area (Å²) < 4.78 is 10.7. The normalized spacial score (nSPS) is 14.4. The Labute approximate surface area is 148 Å². The lowest BCUT2D eigenvalue weighted by atomic mass is 10.1. The Hall–Kier alpha value is -2.27. The molecule has 4 nitrogen and oxygen atoms in total. The molecule has 0 spiro atoms. The van der Waals surface area contributed by atoms with Gasteiger partial charge in [-0.1, -0.05) is 30.4 Å². The Morgan fingerprint density at radius 1 is 0.875 bits per heavy atom. The third-order valence-electron chi connectivity index (χ3n) is 4.32. The fourth-order valence-electron chi connectivity index (χ4n) is 2.96. The molecular weight excluding hydrogens is 320 g/mol. The molecule has 24 heavy (non-hydrogen) atoms. The monoisotopic (exact) mass is 342 g/mol. The molecule has 0 bridgehead atoms. The van der Waals surface area contributed by atoms with Crippen molar-refractivity contribution in [1.29, 1.82) is 0 Å². The van der Waals surface area contributed by atoms with Gasteiger partial charge in [0.15, 0.2) is 11.5 Å². The van der Waals surface area contributed by atoms with Crippen LogP contribution in [-0.2, 0) is 0 Å². The number of thiocarbonyl (C=S) groups is 1. The summed E-state index contributed by atoms with van der Waals surface area (Å²) in [5.41, 5.74) is 2.27. The van der Waals surface area contributed by atoms with E-state index in [2.05, 4.69) is 34.1 Å². The minimum absolute atomic E-state index is 0.709. The van der Waals surface area contributed by atoms with Crippen LogP contribution in [0.25, 0.3) is 0 Å². The van der Waals surface area contributed by atoms with E-state index in [1.807, 2.05) is 24.3 Å². The number of ether oxygens (including phenoxy) is 2. The highest BCUT2D eigenvalue weighted by molar-refractivity contribution is 7.80. The highest BCUT2D eigenvalue weighted by atomic mass is 32.1. The van der Waals surface area contributed by atoms with E-state index < -0.39 is 0 Å². The second-order valence-corrected chi connectivity index (χ2v) is 6.07. The van der Waals surface area contributed by atoms with Gasteiger partial charge in [0.2, 0.25) is 0 Å². The number of rotatable bonds is 4. The summed E-state index contributed by atoms with van der Waals surface area (Å²) in [7, 11) is 3.28. The predicted molar refractivity (Wildman–Crippen MR) is 101 cm³/mol. The lowest BCUT2D eigenvalue weighted by molar-refractivity contribution is 0.354. The van der Waals surface area contributed by atoms with Crippen molar-refractivity contribution in [3.63, 3.8) is 0 Å². The van der Waals surface area contributed by atoms with E-state index in [-0.39, 0.29) is 0 Å². The smallest absolute Gasteiger partial charge is 0.161 e. The van der Waals surface area contributed by atoms with Gasteiger partial charge in [-0.3, -0.25) is 0 Å². The lowest BCUT2D eigenvalue weighted by Gasteiger charge is -2.37. The van der Waals surface area contributed by atoms with E-state index in [0.29, 0.717) is 5.75 Å². The second-order valence-electron chi connectivity index (χ2n) is 5.68. The summed E-state index contributed by atoms with van der Waals surface area (Å²) in [6, 6.07) is 16.4. The summed E-state index contributed by atoms with van der Waals surface area (Å²) in [5.74, 6) is 1.43. The van der Waals surface area contributed by atoms with Crippen LogP contribution in [0.15, 0.2) is 48.5 Å². The standard InChI is InChI=1S/C19H22N2O2S/c1-22-17-9-8-15(14-18(17)23-2)19(24)21-12-10-20(11-13-21)16-6-4-3-5-7-16/h3-9,14H,10-13H2,1-2H3. The SMILES string of the molecule is COc1ccc(C(=S)N2CCN(c3ccccc3)CC2)cc1OC. The number of nitrogens with zero attached hydrogens (tertiary/aromatic N) is 2. The maximum Gasteiger partial charge on any atom is 0.161 e. The highest BCUT2D eigenvalue weighted by Gasteiger charge is 2.20. The van der Waals surface area contributed by atoms with Gasteiger partial charge < -0.3 is 19.3 Å². The number of anilines is 1. The molecule has 5 heteroatoms. The maximum atomic E-state index is 5.69. The van der Waals surface area contributed by atoms with Gasteiger partial charge in [-0.05, 0) is 30.3 Å². The molecule has 1 aliphatic heterocycles. The first-order chi connectivity index (χ1) is 11.7. The molecule has 0 aromatic heterocycles. The number of methoxy groups -OCH3 is 2. The van der Waals surface area contributed by atoms with Crippen molar-refractivity contribution in [2.24, 2.45) is 0 Å². The fraction of sp³-hybridized carbons (Fsp3) is 0.316. The van der Waals surface area contributed by atoms with Crippen molar-refractivity contribution < 1.29 is 9.47 Å². The number of hydrogen-bond donors (Lipinski definition) is 0. The molecule has 2 aromatic rings. The Morgan fingerprint density at radius 2 is 1.54 bits per heavy atom. The minimum Gasteiger partial charge on any atom is -0.493 e. The minimum atomic E-state index is 0.709. The van der Waals surface area contributed by atoms with Crippen molar-refractivity contribution in [2.75, 3.05) is 45.3 Å². The van der Waals surface area contributed by atoms with E-state index in [0.717, 1.165) is 42.5 Å². The Bertz CT molecular complexity index is 698. The average Bonchev–Trinajstić information content (AvgIpc) is 2.67. The Kier molecular flexibility index (Phi) is 5.20. The van der Waals surface area contributed by atoms with Crippen LogP contribution in [-0.4, -0.2) is 50.3 Å². The third-order valence-corrected chi connectivity index (χ3v) is 4.81. The van der Waals surface area contributed by atoms with E-state index in [4.69, 9.17) is 21.7 Å². The number of para-hydroxylation sites is 1. The van der Waals surface area contributed by atoms with Crippen LogP contribution in [0.1, 0.15) is 5.56 Å². The van der Waals surface area contributed by atoms with Crippen LogP contribution in [0, 0.1) is 0 Å². The highest BCUT2D eigenvalue weighted by Crippen LogP contribution is 2.28. The summed E-state index contributed by atoms with van der Waals surface area (Å²) >= 11 is 5.69. The second kappa shape index (κ2) is 7.53. The molecule has 1 aliphatic rings. The first-order valence-corrected chi connectivity index (χ1v) is 8.45. The van der Waals surface area contributed by atoms with Gasteiger partial charge in [-0.2, -0.15) is 0 Å². The molecule has 0 aliphatic carbocycles. The largest absolute Gasteiger partial charge is 0.493 e. The first-order valence-electron chi connectivity index (χ1n) is 8.04. The van der Waals surface area contributed by atoms with Crippen LogP contribution < -0.4 is 14.4 Å². The van der Waals surface area contributed by atoms with Crippen molar-refractivity contribution >= 4 is 22.9 Å². The van der Waals surface area contributed by atoms with Crippen LogP contribution in [0.3, 0.4) is 0 Å². The van der Waals surface area contributed by atoms with Gasteiger partial charge in [0, 0.05) is 37.4 Å². The number of hydrogen-bond acceptors (Lipinski definition) is 4. The fourth-order valence-corrected chi connectivity index (χ4v) is 3.27. The summed E-state index contributed by atoms with van der Waals surface area (Å²) in [6.07, 6.45) is 0. The van der Waals surface area contributed by atoms with Gasteiger partial charge in [-0.25, -0.2) is 0 Å². The molecule has 126 valence electrons. The van der Waals surface area contributed by atoms with E-state index in [1.165, 1.54) is 5.69 Å². The Morgan fingerprint density at radius 3 is 2.17 bits per heavy atom. The summed E-state index contributed by atoms with van der Waals surface area (Å²) in [4.78, 5) is 5.52. The predicted octanol–water partition coefficient (Wildman–Crippen LogP) is 3.20. The third kappa shape index (κ3) is 3.46.